The van der Waals surface area contributed by atoms with E-state index >= 15 is 0 Å². The van der Waals surface area contributed by atoms with E-state index in [0.717, 1.165) is 21.6 Å². The topological polar surface area (TPSA) is 72.4 Å². The number of nitrogens with one attached hydrogen (secondary N) is 2. The van der Waals surface area contributed by atoms with Crippen LogP contribution in [0.4, 0.5) is 0 Å². The summed E-state index contributed by atoms with van der Waals surface area (Å²) in [7, 11) is -1.29. The highest BCUT2D eigenvalue weighted by molar-refractivity contribution is 6.99. The second-order valence-corrected chi connectivity index (χ2v) is 18.1. The van der Waals surface area contributed by atoms with Crippen molar-refractivity contribution in [2.75, 3.05) is 7.05 Å². The third-order valence-electron chi connectivity index (χ3n) is 8.41. The van der Waals surface area contributed by atoms with Crippen molar-refractivity contribution in [2.24, 2.45) is 0 Å². The van der Waals surface area contributed by atoms with Gasteiger partial charge in [0.1, 0.15) is 0 Å². The largest absolute Gasteiger partial charge is 0.403 e. The summed E-state index contributed by atoms with van der Waals surface area (Å²) in [5, 5.41) is 9.01. The van der Waals surface area contributed by atoms with Gasteiger partial charge in [0.2, 0.25) is 5.91 Å². The highest BCUT2D eigenvalue weighted by atomic mass is 35.5. The molecule has 5 aromatic rings. The maximum atomic E-state index is 12.8. The monoisotopic (exact) mass is 729 g/mol. The second kappa shape index (κ2) is 15.6. The molecule has 0 atom stereocenters. The van der Waals surface area contributed by atoms with Crippen LogP contribution in [0.15, 0.2) is 115 Å². The van der Waals surface area contributed by atoms with Gasteiger partial charge < -0.3 is 19.6 Å². The van der Waals surface area contributed by atoms with Gasteiger partial charge in [0.15, 0.2) is 0 Å². The van der Waals surface area contributed by atoms with Crippen LogP contribution >= 0.6 is 34.8 Å². The Hall–Kier alpha value is -4.11. The number of carbonyl (C=O) groups is 2. The number of carbonyl (C=O) groups excluding carboxylic acids is 2. The van der Waals surface area contributed by atoms with Gasteiger partial charge in [-0.15, -0.1) is 0 Å². The molecule has 0 saturated carbocycles. The molecule has 5 rings (SSSR count). The minimum absolute atomic E-state index is 0.172. The lowest BCUT2D eigenvalue weighted by Gasteiger charge is -2.43. The molecule has 6 nitrogen and oxygen atoms in total. The van der Waals surface area contributed by atoms with Crippen molar-refractivity contribution in [1.29, 1.82) is 0 Å². The van der Waals surface area contributed by atoms with Crippen molar-refractivity contribution < 1.29 is 14.0 Å². The average Bonchev–Trinajstić information content (AvgIpc) is 3.47. The Labute approximate surface area is 303 Å². The Morgan fingerprint density at radius 1 is 0.857 bits per heavy atom. The van der Waals surface area contributed by atoms with E-state index in [2.05, 4.69) is 55.7 Å². The van der Waals surface area contributed by atoms with Gasteiger partial charge in [-0.25, -0.2) is 0 Å². The third kappa shape index (κ3) is 8.04. The smallest absolute Gasteiger partial charge is 0.261 e. The van der Waals surface area contributed by atoms with Crippen LogP contribution < -0.4 is 21.0 Å². The van der Waals surface area contributed by atoms with Crippen molar-refractivity contribution in [2.45, 2.75) is 39.0 Å². The molecule has 10 heteroatoms. The zero-order valence-electron chi connectivity index (χ0n) is 27.8. The number of benzene rings is 4. The molecule has 0 aliphatic rings. The van der Waals surface area contributed by atoms with Crippen molar-refractivity contribution in [1.82, 2.24) is 15.2 Å². The first-order chi connectivity index (χ1) is 23.4. The number of hydrogen-bond acceptors (Lipinski definition) is 3. The summed E-state index contributed by atoms with van der Waals surface area (Å²) in [6.45, 7) is 7.05. The Kier molecular flexibility index (Phi) is 11.5. The molecule has 2 N–H and O–H groups in total. The molecule has 0 bridgehead atoms. The van der Waals surface area contributed by atoms with Crippen LogP contribution in [0.3, 0.4) is 0 Å². The first kappa shape index (κ1) is 36.2. The average molecular weight is 731 g/mol. The van der Waals surface area contributed by atoms with E-state index in [1.54, 1.807) is 55.7 Å². The molecule has 49 heavy (non-hydrogen) atoms. The third-order valence-corrected chi connectivity index (χ3v) is 14.4. The summed E-state index contributed by atoms with van der Waals surface area (Å²) in [6, 6.07) is 33.2. The maximum absolute atomic E-state index is 12.8. The predicted octanol–water partition coefficient (Wildman–Crippen LogP) is 8.20. The zero-order valence-corrected chi connectivity index (χ0v) is 31.0. The second-order valence-electron chi connectivity index (χ2n) is 12.6. The van der Waals surface area contributed by atoms with Crippen LogP contribution in [0.1, 0.15) is 48.0 Å². The normalized spacial score (nSPS) is 11.9. The van der Waals surface area contributed by atoms with Gasteiger partial charge in [-0.2, -0.15) is 0 Å². The lowest BCUT2D eigenvalue weighted by Crippen LogP contribution is -2.66. The lowest BCUT2D eigenvalue weighted by atomic mass is 10.1. The van der Waals surface area contributed by atoms with Crippen LogP contribution in [0.2, 0.25) is 20.1 Å². The van der Waals surface area contributed by atoms with Crippen LogP contribution in [0.5, 0.6) is 0 Å². The summed E-state index contributed by atoms with van der Waals surface area (Å²) in [5.41, 5.74) is 3.38. The van der Waals surface area contributed by atoms with Crippen molar-refractivity contribution >= 4 is 71.4 Å². The van der Waals surface area contributed by atoms with Crippen LogP contribution in [0, 0.1) is 0 Å². The maximum Gasteiger partial charge on any atom is 0.261 e. The molecule has 1 heterocycles. The van der Waals surface area contributed by atoms with E-state index < -0.39 is 8.32 Å². The first-order valence-corrected chi connectivity index (χ1v) is 18.9. The SMILES string of the molecule is CNC(=O)c1ccc(C=CC(=O)NCc2cc(Cl)cn2-c2ccc(Cl)c(CO[Si](c3ccccc3)(c3ccccc3)C(C)(C)C)c2Cl)cc1. The highest BCUT2D eigenvalue weighted by Crippen LogP contribution is 2.39. The molecule has 0 spiro atoms. The molecule has 0 aliphatic carbocycles. The van der Waals surface area contributed by atoms with Crippen molar-refractivity contribution in [3.8, 4) is 5.69 Å². The van der Waals surface area contributed by atoms with E-state index in [0.29, 0.717) is 31.9 Å². The Morgan fingerprint density at radius 3 is 2.04 bits per heavy atom. The van der Waals surface area contributed by atoms with Crippen LogP contribution in [-0.4, -0.2) is 31.7 Å². The minimum atomic E-state index is -2.87. The van der Waals surface area contributed by atoms with E-state index in [9.17, 15) is 9.59 Å². The summed E-state index contributed by atoms with van der Waals surface area (Å²) in [5.74, 6) is -0.463. The fraction of sp³-hybridized carbons (Fsp3) is 0.179. The van der Waals surface area contributed by atoms with Gasteiger partial charge >= 0.3 is 0 Å². The van der Waals surface area contributed by atoms with Gasteiger partial charge in [-0.1, -0.05) is 128 Å². The van der Waals surface area contributed by atoms with Gasteiger partial charge in [0.05, 0.1) is 28.9 Å². The molecule has 4 aromatic carbocycles. The fourth-order valence-corrected chi connectivity index (χ4v) is 11.3. The first-order valence-electron chi connectivity index (χ1n) is 15.8. The van der Waals surface area contributed by atoms with Crippen LogP contribution in [-0.2, 0) is 22.4 Å². The number of amides is 2. The van der Waals surface area contributed by atoms with Gasteiger partial charge in [0.25, 0.3) is 14.2 Å². The minimum Gasteiger partial charge on any atom is -0.403 e. The molecule has 0 aliphatic heterocycles. The quantitative estimate of drug-likeness (QED) is 0.106. The predicted molar refractivity (Wildman–Crippen MR) is 204 cm³/mol. The Morgan fingerprint density at radius 2 is 1.47 bits per heavy atom. The van der Waals surface area contributed by atoms with E-state index in [-0.39, 0.29) is 30.0 Å². The molecule has 0 unspecified atom stereocenters. The summed E-state index contributed by atoms with van der Waals surface area (Å²) < 4.78 is 9.01. The summed E-state index contributed by atoms with van der Waals surface area (Å²) >= 11 is 20.5. The van der Waals surface area contributed by atoms with E-state index in [4.69, 9.17) is 39.2 Å². The molecule has 0 fully saturated rings. The molecular weight excluding hydrogens is 693 g/mol. The number of nitrogens with zero attached hydrogens (tertiary/aromatic N) is 1. The van der Waals surface area contributed by atoms with Crippen molar-refractivity contribution in [3.05, 3.63) is 153 Å². The lowest BCUT2D eigenvalue weighted by molar-refractivity contribution is -0.116. The summed E-state index contributed by atoms with van der Waals surface area (Å²) in [6.07, 6.45) is 4.89. The number of rotatable bonds is 11. The molecule has 2 amide bonds. The molecule has 1 aromatic heterocycles. The summed E-state index contributed by atoms with van der Waals surface area (Å²) in [4.78, 5) is 24.6. The Balaban J connectivity index is 1.40. The van der Waals surface area contributed by atoms with Crippen molar-refractivity contribution in [3.63, 3.8) is 0 Å². The van der Waals surface area contributed by atoms with Gasteiger partial charge in [-0.05, 0) is 57.4 Å². The molecule has 0 radical (unpaired) electrons. The molecule has 252 valence electrons. The standard InChI is InChI=1S/C39H38Cl3N3O3Si/c1-39(2,3)49(31-11-7-5-8-12-31,32-13-9-6-10-14-32)48-26-33-34(41)20-21-35(37(33)42)45-25-29(40)23-30(45)24-44-36(46)22-17-27-15-18-28(19-16-27)38(47)43-4/h5-23,25H,24,26H2,1-4H3,(H,43,47)(H,44,46). The van der Waals surface area contributed by atoms with Gasteiger partial charge in [0, 0.05) is 41.2 Å². The number of halogens is 3. The van der Waals surface area contributed by atoms with Crippen LogP contribution in [0.25, 0.3) is 11.8 Å². The fourth-order valence-electron chi connectivity index (χ4n) is 5.98. The number of aromatic nitrogens is 1. The Bertz CT molecular complexity index is 1920. The molecular formula is C39H38Cl3N3O3Si. The van der Waals surface area contributed by atoms with E-state index in [1.165, 1.54) is 6.08 Å². The highest BCUT2D eigenvalue weighted by Gasteiger charge is 2.50. The zero-order chi connectivity index (χ0) is 35.2. The molecule has 0 saturated heterocycles. The number of hydrogen-bond donors (Lipinski definition) is 2. The van der Waals surface area contributed by atoms with Gasteiger partial charge in [-0.3, -0.25) is 9.59 Å². The van der Waals surface area contributed by atoms with E-state index in [1.807, 2.05) is 47.0 Å².